The molecule has 11 nitrogen and oxygen atoms in total. The van der Waals surface area contributed by atoms with E-state index in [0.717, 1.165) is 45.1 Å². The summed E-state index contributed by atoms with van der Waals surface area (Å²) >= 11 is 0. The smallest absolute Gasteiger partial charge is 0.303 e. The van der Waals surface area contributed by atoms with E-state index >= 15 is 0 Å². The van der Waals surface area contributed by atoms with Crippen molar-refractivity contribution in [2.24, 2.45) is 52.3 Å². The van der Waals surface area contributed by atoms with Crippen molar-refractivity contribution in [3.63, 3.8) is 0 Å². The van der Waals surface area contributed by atoms with Gasteiger partial charge in [0.25, 0.3) is 0 Å². The average Bonchev–Trinajstić information content (AvgIpc) is 3.50. The van der Waals surface area contributed by atoms with Crippen LogP contribution in [0.4, 0.5) is 0 Å². The molecule has 0 aromatic heterocycles. The van der Waals surface area contributed by atoms with Crippen LogP contribution in [0.2, 0.25) is 0 Å². The first-order valence-corrected chi connectivity index (χ1v) is 19.4. The molecule has 1 spiro atoms. The molecular weight excluding hydrogens is 644 g/mol. The van der Waals surface area contributed by atoms with Gasteiger partial charge in [-0.25, -0.2) is 0 Å². The molecule has 0 aromatic carbocycles. The Morgan fingerprint density at radius 1 is 0.820 bits per heavy atom. The van der Waals surface area contributed by atoms with Crippen LogP contribution >= 0.6 is 0 Å². The van der Waals surface area contributed by atoms with Gasteiger partial charge in [0.2, 0.25) is 0 Å². The highest BCUT2D eigenvalue weighted by Gasteiger charge is 2.69. The predicted molar refractivity (Wildman–Crippen MR) is 179 cm³/mol. The van der Waals surface area contributed by atoms with Crippen LogP contribution in [-0.4, -0.2) is 84.9 Å². The molecule has 3 heterocycles. The van der Waals surface area contributed by atoms with E-state index in [1.165, 1.54) is 46.5 Å². The number of ether oxygens (including phenoxy) is 7. The van der Waals surface area contributed by atoms with Crippen LogP contribution in [0.1, 0.15) is 113 Å². The SMILES string of the molecule is CC(=O)OC[C@H]1O[C@@H](O[C@H]2CC[C@@]3(C)C(CC[C@H]4[C@@H]5C[C@@H]6O[C@]7(CC[C@H](C)CO7)[C@@H](C)[C@@H]6[C@@]5(C)CC[C@@H]43)C2)[C@H](O)[C@@H](OC(C)=O)[C@H]1OC(C)=O. The third-order valence-corrected chi connectivity index (χ3v) is 14.9. The minimum absolute atomic E-state index is 0.162. The van der Waals surface area contributed by atoms with Crippen molar-refractivity contribution in [2.75, 3.05) is 13.2 Å². The maximum absolute atomic E-state index is 12.1. The monoisotopic (exact) mass is 704 g/mol. The van der Waals surface area contributed by atoms with E-state index in [1.807, 2.05) is 0 Å². The zero-order chi connectivity index (χ0) is 35.7. The summed E-state index contributed by atoms with van der Waals surface area (Å²) in [6, 6.07) is 0. The molecule has 0 aromatic rings. The van der Waals surface area contributed by atoms with Crippen molar-refractivity contribution in [3.05, 3.63) is 0 Å². The van der Waals surface area contributed by atoms with Gasteiger partial charge in [-0.15, -0.1) is 0 Å². The average molecular weight is 705 g/mol. The highest BCUT2D eigenvalue weighted by Crippen LogP contribution is 2.71. The summed E-state index contributed by atoms with van der Waals surface area (Å²) in [6.07, 6.45) is 5.14. The highest BCUT2D eigenvalue weighted by molar-refractivity contribution is 5.68. The van der Waals surface area contributed by atoms with Crippen molar-refractivity contribution in [3.8, 4) is 0 Å². The number of rotatable bonds is 6. The minimum Gasteiger partial charge on any atom is -0.463 e. The normalized spacial score (nSPS) is 51.1. The van der Waals surface area contributed by atoms with Crippen LogP contribution < -0.4 is 0 Å². The number of aliphatic hydroxyl groups excluding tert-OH is 1. The van der Waals surface area contributed by atoms with E-state index < -0.39 is 48.6 Å². The zero-order valence-electron chi connectivity index (χ0n) is 31.1. The molecule has 0 bridgehead atoms. The Bertz CT molecular complexity index is 1300. The molecule has 11 heteroatoms. The fraction of sp³-hybridized carbons (Fsp3) is 0.923. The first-order valence-electron chi connectivity index (χ1n) is 19.4. The van der Waals surface area contributed by atoms with Gasteiger partial charge in [-0.3, -0.25) is 14.4 Å². The summed E-state index contributed by atoms with van der Waals surface area (Å²) in [5.41, 5.74) is 0.493. The summed E-state index contributed by atoms with van der Waals surface area (Å²) in [7, 11) is 0. The third kappa shape index (κ3) is 6.22. The Labute approximate surface area is 297 Å². The maximum Gasteiger partial charge on any atom is 0.303 e. The molecule has 0 radical (unpaired) electrons. The van der Waals surface area contributed by atoms with Crippen LogP contribution in [0.5, 0.6) is 0 Å². The number of fused-ring (bicyclic) bond motifs is 7. The van der Waals surface area contributed by atoms with Crippen LogP contribution in [0.25, 0.3) is 0 Å². The molecule has 4 saturated carbocycles. The molecule has 17 atom stereocenters. The Kier molecular flexibility index (Phi) is 9.92. The Hall–Kier alpha value is -1.79. The lowest BCUT2D eigenvalue weighted by atomic mass is 9.44. The standard InChI is InChI=1S/C39H60O11/c1-20-10-15-39(45-18-20)21(2)32-30(50-39)17-29-27-9-8-25-16-26(11-13-37(25,6)28(27)12-14-38(29,32)7)48-36-33(43)35(47-24(5)42)34(46-23(4)41)31(49-36)19-44-22(3)40/h20-21,25-36,43H,8-19H2,1-7H3/t20-,21-,25?,26-,27+,28-,29-,30-,31+,32-,33+,34-,35+,36+,37-,38-,39+/m0/s1. The van der Waals surface area contributed by atoms with Gasteiger partial charge in [-0.2, -0.15) is 0 Å². The molecule has 3 saturated heterocycles. The first-order chi connectivity index (χ1) is 23.6. The molecule has 7 rings (SSSR count). The van der Waals surface area contributed by atoms with Crippen molar-refractivity contribution in [1.82, 2.24) is 0 Å². The van der Waals surface area contributed by atoms with Crippen molar-refractivity contribution in [1.29, 1.82) is 0 Å². The minimum atomic E-state index is -1.40. The van der Waals surface area contributed by atoms with E-state index in [9.17, 15) is 19.5 Å². The molecule has 50 heavy (non-hydrogen) atoms. The quantitative estimate of drug-likeness (QED) is 0.218. The number of carbonyl (C=O) groups is 3. The largest absolute Gasteiger partial charge is 0.463 e. The van der Waals surface area contributed by atoms with Crippen molar-refractivity contribution < 1.29 is 52.6 Å². The van der Waals surface area contributed by atoms with E-state index in [0.29, 0.717) is 47.5 Å². The van der Waals surface area contributed by atoms with E-state index in [4.69, 9.17) is 33.2 Å². The van der Waals surface area contributed by atoms with Gasteiger partial charge in [0.05, 0.1) is 18.8 Å². The molecule has 1 N–H and O–H groups in total. The van der Waals surface area contributed by atoms with E-state index in [2.05, 4.69) is 27.7 Å². The Balaban J connectivity index is 1.02. The Morgan fingerprint density at radius 2 is 1.54 bits per heavy atom. The topological polar surface area (TPSA) is 136 Å². The summed E-state index contributed by atoms with van der Waals surface area (Å²) in [6.45, 7) is 14.1. The van der Waals surface area contributed by atoms with Crippen molar-refractivity contribution >= 4 is 17.9 Å². The van der Waals surface area contributed by atoms with Crippen LogP contribution in [0, 0.1) is 52.3 Å². The lowest BCUT2D eigenvalue weighted by Crippen LogP contribution is -2.62. The molecule has 282 valence electrons. The van der Waals surface area contributed by atoms with Gasteiger partial charge < -0.3 is 38.3 Å². The lowest BCUT2D eigenvalue weighted by molar-refractivity contribution is -0.319. The van der Waals surface area contributed by atoms with E-state index in [-0.39, 0.29) is 29.3 Å². The zero-order valence-corrected chi connectivity index (χ0v) is 31.1. The molecule has 3 aliphatic heterocycles. The molecule has 4 aliphatic carbocycles. The summed E-state index contributed by atoms with van der Waals surface area (Å²) in [5, 5.41) is 11.4. The number of esters is 3. The molecule has 0 amide bonds. The fourth-order valence-electron chi connectivity index (χ4n) is 12.5. The maximum atomic E-state index is 12.1. The van der Waals surface area contributed by atoms with Crippen molar-refractivity contribution in [2.45, 2.75) is 161 Å². The predicted octanol–water partition coefficient (Wildman–Crippen LogP) is 5.33. The van der Waals surface area contributed by atoms with E-state index in [1.54, 1.807) is 0 Å². The third-order valence-electron chi connectivity index (χ3n) is 14.9. The van der Waals surface area contributed by atoms with Gasteiger partial charge in [-0.1, -0.05) is 27.7 Å². The van der Waals surface area contributed by atoms with Crippen LogP contribution in [0.15, 0.2) is 0 Å². The fourth-order valence-corrected chi connectivity index (χ4v) is 12.5. The number of hydrogen-bond acceptors (Lipinski definition) is 11. The number of aliphatic hydroxyl groups is 1. The Morgan fingerprint density at radius 3 is 2.22 bits per heavy atom. The second-order valence-corrected chi connectivity index (χ2v) is 17.7. The molecule has 1 unspecified atom stereocenters. The summed E-state index contributed by atoms with van der Waals surface area (Å²) in [5.74, 6) is 1.90. The highest BCUT2D eigenvalue weighted by atomic mass is 16.7. The molecule has 7 aliphatic rings. The molecule has 7 fully saturated rings. The van der Waals surface area contributed by atoms with Gasteiger partial charge >= 0.3 is 17.9 Å². The second-order valence-electron chi connectivity index (χ2n) is 17.7. The van der Waals surface area contributed by atoms with Gasteiger partial charge in [0.15, 0.2) is 24.3 Å². The van der Waals surface area contributed by atoms with Gasteiger partial charge in [-0.05, 0) is 104 Å². The van der Waals surface area contributed by atoms with Crippen LogP contribution in [0.3, 0.4) is 0 Å². The summed E-state index contributed by atoms with van der Waals surface area (Å²) in [4.78, 5) is 35.7. The van der Waals surface area contributed by atoms with Gasteiger partial charge in [0, 0.05) is 33.1 Å². The second kappa shape index (κ2) is 13.6. The molecular formula is C39H60O11. The number of carbonyl (C=O) groups excluding carboxylic acids is 3. The van der Waals surface area contributed by atoms with Crippen LogP contribution in [-0.2, 0) is 47.5 Å². The van der Waals surface area contributed by atoms with Gasteiger partial charge in [0.1, 0.15) is 18.8 Å². The summed E-state index contributed by atoms with van der Waals surface area (Å²) < 4.78 is 42.3. The first kappa shape index (κ1) is 36.6. The number of hydrogen-bond donors (Lipinski definition) is 1. The lowest BCUT2D eigenvalue weighted by Gasteiger charge is -2.61.